The highest BCUT2D eigenvalue weighted by Gasteiger charge is 1.72. The van der Waals surface area contributed by atoms with Crippen LogP contribution in [0.1, 0.15) is 20.3 Å². The van der Waals surface area contributed by atoms with Crippen molar-refractivity contribution in [2.75, 3.05) is 0 Å². The van der Waals surface area contributed by atoms with Crippen molar-refractivity contribution < 1.29 is 0 Å². The molecule has 0 fully saturated rings. The molecule has 0 aliphatic rings. The standard InChI is InChI=1S/C7H11B/c1-3-5-6-7(8)4-2/h4-6H,3H2,1-2H3/b6-5-,7-4+. The second-order valence-corrected chi connectivity index (χ2v) is 1.60. The average molecular weight is 106 g/mol. The number of hydrogen-bond donors (Lipinski definition) is 0. The van der Waals surface area contributed by atoms with E-state index in [1.807, 2.05) is 25.2 Å². The largest absolute Gasteiger partial charge is 0.113 e. The van der Waals surface area contributed by atoms with E-state index in [9.17, 15) is 0 Å². The van der Waals surface area contributed by atoms with Gasteiger partial charge in [-0.15, -0.1) is 5.47 Å². The lowest BCUT2D eigenvalue weighted by atomic mass is 9.95. The van der Waals surface area contributed by atoms with E-state index in [1.165, 1.54) is 0 Å². The van der Waals surface area contributed by atoms with E-state index < -0.39 is 0 Å². The van der Waals surface area contributed by atoms with E-state index in [2.05, 4.69) is 6.92 Å². The van der Waals surface area contributed by atoms with Gasteiger partial charge in [0.2, 0.25) is 0 Å². The van der Waals surface area contributed by atoms with Crippen molar-refractivity contribution in [3.8, 4) is 0 Å². The molecule has 0 spiro atoms. The van der Waals surface area contributed by atoms with E-state index in [1.54, 1.807) is 0 Å². The molecule has 0 amide bonds. The van der Waals surface area contributed by atoms with Crippen LogP contribution in [-0.2, 0) is 0 Å². The maximum Gasteiger partial charge on any atom is 0.113 e. The molecule has 0 saturated heterocycles. The Morgan fingerprint density at radius 2 is 2.25 bits per heavy atom. The van der Waals surface area contributed by atoms with E-state index in [-0.39, 0.29) is 0 Å². The Hall–Kier alpha value is -0.455. The zero-order valence-electron chi connectivity index (χ0n) is 5.52. The fourth-order valence-corrected chi connectivity index (χ4v) is 0.350. The van der Waals surface area contributed by atoms with Crippen LogP contribution in [-0.4, -0.2) is 7.85 Å². The zero-order valence-corrected chi connectivity index (χ0v) is 5.52. The summed E-state index contributed by atoms with van der Waals surface area (Å²) in [5, 5.41) is 0. The normalized spacial score (nSPS) is 13.0. The number of hydrogen-bond acceptors (Lipinski definition) is 0. The van der Waals surface area contributed by atoms with E-state index in [4.69, 9.17) is 7.85 Å². The first-order chi connectivity index (χ1) is 3.81. The van der Waals surface area contributed by atoms with Gasteiger partial charge >= 0.3 is 0 Å². The summed E-state index contributed by atoms with van der Waals surface area (Å²) >= 11 is 0. The molecule has 0 aromatic rings. The first kappa shape index (κ1) is 7.54. The third-order valence-electron chi connectivity index (χ3n) is 0.879. The molecular weight excluding hydrogens is 94.9 g/mol. The van der Waals surface area contributed by atoms with E-state index >= 15 is 0 Å². The minimum absolute atomic E-state index is 0.840. The summed E-state index contributed by atoms with van der Waals surface area (Å²) in [5.74, 6) is 0. The monoisotopic (exact) mass is 106 g/mol. The van der Waals surface area contributed by atoms with Gasteiger partial charge in [-0.25, -0.2) is 0 Å². The second kappa shape index (κ2) is 4.70. The molecule has 0 nitrogen and oxygen atoms in total. The second-order valence-electron chi connectivity index (χ2n) is 1.60. The smallest absolute Gasteiger partial charge is 0.101 e. The van der Waals surface area contributed by atoms with Crippen LogP contribution in [0.5, 0.6) is 0 Å². The van der Waals surface area contributed by atoms with Crippen molar-refractivity contribution in [2.45, 2.75) is 20.3 Å². The maximum absolute atomic E-state index is 5.43. The summed E-state index contributed by atoms with van der Waals surface area (Å²) in [4.78, 5) is 0. The van der Waals surface area contributed by atoms with Gasteiger partial charge in [0.15, 0.2) is 0 Å². The molecule has 0 atom stereocenters. The van der Waals surface area contributed by atoms with Crippen LogP contribution in [0.4, 0.5) is 0 Å². The lowest BCUT2D eigenvalue weighted by Crippen LogP contribution is -1.70. The fourth-order valence-electron chi connectivity index (χ4n) is 0.350. The highest BCUT2D eigenvalue weighted by Crippen LogP contribution is 1.89. The predicted octanol–water partition coefficient (Wildman–Crippen LogP) is 2.02. The molecule has 42 valence electrons. The van der Waals surface area contributed by atoms with Crippen molar-refractivity contribution in [3.63, 3.8) is 0 Å². The van der Waals surface area contributed by atoms with Crippen molar-refractivity contribution in [3.05, 3.63) is 23.7 Å². The molecule has 0 bridgehead atoms. The van der Waals surface area contributed by atoms with Gasteiger partial charge in [-0.2, -0.15) is 0 Å². The molecule has 1 heteroatoms. The topological polar surface area (TPSA) is 0 Å². The third kappa shape index (κ3) is 3.73. The van der Waals surface area contributed by atoms with Crippen LogP contribution in [0.3, 0.4) is 0 Å². The van der Waals surface area contributed by atoms with E-state index in [0.717, 1.165) is 11.9 Å². The minimum atomic E-state index is 0.840. The Kier molecular flexibility index (Phi) is 4.43. The van der Waals surface area contributed by atoms with Gasteiger partial charge in [-0.1, -0.05) is 25.2 Å². The predicted molar refractivity (Wildman–Crippen MR) is 38.9 cm³/mol. The van der Waals surface area contributed by atoms with Crippen LogP contribution >= 0.6 is 0 Å². The summed E-state index contributed by atoms with van der Waals surface area (Å²) in [6.07, 6.45) is 6.88. The molecule has 0 heterocycles. The number of allylic oxidation sites excluding steroid dienone is 4. The number of rotatable bonds is 2. The SMILES string of the molecule is [B]C(/C=C\CC)=C/C. The molecule has 0 saturated carbocycles. The van der Waals surface area contributed by atoms with Crippen LogP contribution < -0.4 is 0 Å². The zero-order chi connectivity index (χ0) is 6.41. The maximum atomic E-state index is 5.43. The van der Waals surface area contributed by atoms with Gasteiger partial charge in [0, 0.05) is 0 Å². The van der Waals surface area contributed by atoms with Crippen LogP contribution in [0, 0.1) is 0 Å². The van der Waals surface area contributed by atoms with Crippen molar-refractivity contribution in [1.29, 1.82) is 0 Å². The molecule has 0 N–H and O–H groups in total. The Morgan fingerprint density at radius 1 is 1.62 bits per heavy atom. The van der Waals surface area contributed by atoms with Crippen LogP contribution in [0.25, 0.3) is 0 Å². The van der Waals surface area contributed by atoms with Gasteiger partial charge in [0.1, 0.15) is 7.85 Å². The van der Waals surface area contributed by atoms with E-state index in [0.29, 0.717) is 0 Å². The van der Waals surface area contributed by atoms with Crippen molar-refractivity contribution in [2.24, 2.45) is 0 Å². The highest BCUT2D eigenvalue weighted by molar-refractivity contribution is 6.23. The summed E-state index contributed by atoms with van der Waals surface area (Å²) < 4.78 is 0. The van der Waals surface area contributed by atoms with Crippen molar-refractivity contribution >= 4 is 7.85 Å². The Balaban J connectivity index is 3.53. The van der Waals surface area contributed by atoms with Gasteiger partial charge in [-0.05, 0) is 13.3 Å². The lowest BCUT2D eigenvalue weighted by molar-refractivity contribution is 1.22. The molecule has 0 aromatic carbocycles. The van der Waals surface area contributed by atoms with Gasteiger partial charge in [0.05, 0.1) is 0 Å². The molecule has 0 aliphatic heterocycles. The summed E-state index contributed by atoms with van der Waals surface area (Å²) in [7, 11) is 5.43. The molecule has 0 unspecified atom stereocenters. The quantitative estimate of drug-likeness (QED) is 0.373. The minimum Gasteiger partial charge on any atom is -0.101 e. The molecule has 8 heavy (non-hydrogen) atoms. The average Bonchev–Trinajstić information content (AvgIpc) is 1.83. The van der Waals surface area contributed by atoms with Gasteiger partial charge in [0.25, 0.3) is 0 Å². The van der Waals surface area contributed by atoms with Gasteiger partial charge in [-0.3, -0.25) is 0 Å². The fraction of sp³-hybridized carbons (Fsp3) is 0.429. The lowest BCUT2D eigenvalue weighted by Gasteiger charge is -1.84. The molecule has 2 radical (unpaired) electrons. The molecule has 0 aliphatic carbocycles. The highest BCUT2D eigenvalue weighted by atomic mass is 13.7. The first-order valence-corrected chi connectivity index (χ1v) is 2.89. The molecular formula is C7H11B. The Bertz CT molecular complexity index is 101. The Labute approximate surface area is 52.7 Å². The first-order valence-electron chi connectivity index (χ1n) is 2.89. The Morgan fingerprint density at radius 3 is 2.62 bits per heavy atom. The molecule has 0 aromatic heterocycles. The third-order valence-corrected chi connectivity index (χ3v) is 0.879. The van der Waals surface area contributed by atoms with Crippen molar-refractivity contribution in [1.82, 2.24) is 0 Å². The summed E-state index contributed by atoms with van der Waals surface area (Å²) in [6, 6.07) is 0. The molecule has 0 rings (SSSR count). The van der Waals surface area contributed by atoms with Gasteiger partial charge < -0.3 is 0 Å². The van der Waals surface area contributed by atoms with Crippen LogP contribution in [0.15, 0.2) is 23.7 Å². The summed E-state index contributed by atoms with van der Waals surface area (Å²) in [5.41, 5.74) is 0.840. The summed E-state index contributed by atoms with van der Waals surface area (Å²) in [6.45, 7) is 4.01. The van der Waals surface area contributed by atoms with Crippen LogP contribution in [0.2, 0.25) is 0 Å².